The van der Waals surface area contributed by atoms with Crippen LogP contribution in [-0.4, -0.2) is 55.4 Å². The second kappa shape index (κ2) is 18.8. The van der Waals surface area contributed by atoms with Crippen LogP contribution in [0.3, 0.4) is 0 Å². The van der Waals surface area contributed by atoms with Crippen LogP contribution >= 0.6 is 0 Å². The number of hydrogen-bond acceptors (Lipinski definition) is 8. The monoisotopic (exact) mass is 667 g/mol. The third-order valence-corrected chi connectivity index (χ3v) is 8.40. The van der Waals surface area contributed by atoms with Crippen molar-refractivity contribution in [3.05, 3.63) is 144 Å². The quantitative estimate of drug-likeness (QED) is 0.107. The van der Waals surface area contributed by atoms with E-state index in [2.05, 4.69) is 17.4 Å². The lowest BCUT2D eigenvalue weighted by molar-refractivity contribution is -0.206. The van der Waals surface area contributed by atoms with Crippen molar-refractivity contribution in [3.63, 3.8) is 0 Å². The molecular formula is C41H49NO7. The smallest absolute Gasteiger partial charge is 0.307 e. The Bertz CT molecular complexity index is 1500. The highest BCUT2D eigenvalue weighted by atomic mass is 16.8. The summed E-state index contributed by atoms with van der Waals surface area (Å²) in [6.45, 7) is 7.61. The van der Waals surface area contributed by atoms with Gasteiger partial charge in [-0.3, -0.25) is 4.79 Å². The van der Waals surface area contributed by atoms with Crippen molar-refractivity contribution in [2.75, 3.05) is 13.2 Å². The molecule has 260 valence electrons. The van der Waals surface area contributed by atoms with Gasteiger partial charge in [0.1, 0.15) is 24.4 Å². The van der Waals surface area contributed by atoms with Gasteiger partial charge in [-0.05, 0) is 43.0 Å². The van der Waals surface area contributed by atoms with E-state index in [4.69, 9.17) is 28.4 Å². The molecule has 4 aromatic rings. The molecule has 1 aliphatic heterocycles. The molecule has 8 heteroatoms. The van der Waals surface area contributed by atoms with Gasteiger partial charge in [0.15, 0.2) is 5.79 Å². The molecule has 0 bridgehead atoms. The van der Waals surface area contributed by atoms with Gasteiger partial charge in [0.05, 0.1) is 39.5 Å². The fraction of sp³-hybridized carbons (Fsp3) is 0.390. The van der Waals surface area contributed by atoms with Crippen LogP contribution in [0.5, 0.6) is 0 Å². The number of esters is 1. The van der Waals surface area contributed by atoms with Crippen LogP contribution in [0.15, 0.2) is 121 Å². The zero-order valence-corrected chi connectivity index (χ0v) is 28.7. The van der Waals surface area contributed by atoms with Crippen molar-refractivity contribution >= 4 is 5.97 Å². The number of rotatable bonds is 19. The van der Waals surface area contributed by atoms with E-state index in [0.29, 0.717) is 33.0 Å². The largest absolute Gasteiger partial charge is 0.466 e. The van der Waals surface area contributed by atoms with Crippen LogP contribution < -0.4 is 5.32 Å². The third-order valence-electron chi connectivity index (χ3n) is 8.40. The van der Waals surface area contributed by atoms with Gasteiger partial charge >= 0.3 is 5.97 Å². The lowest BCUT2D eigenvalue weighted by atomic mass is 9.94. The van der Waals surface area contributed by atoms with E-state index < -0.39 is 36.2 Å². The molecule has 0 unspecified atom stereocenters. The van der Waals surface area contributed by atoms with Gasteiger partial charge in [-0.25, -0.2) is 0 Å². The molecule has 4 aromatic carbocycles. The number of carbonyl (C=O) groups is 1. The molecule has 0 spiro atoms. The minimum atomic E-state index is -0.806. The fourth-order valence-corrected chi connectivity index (χ4v) is 5.96. The van der Waals surface area contributed by atoms with Crippen molar-refractivity contribution in [1.82, 2.24) is 5.32 Å². The highest BCUT2D eigenvalue weighted by Gasteiger charge is 2.47. The number of hydrogen-bond donors (Lipinski definition) is 1. The third kappa shape index (κ3) is 11.6. The predicted octanol–water partition coefficient (Wildman–Crippen LogP) is 7.01. The first kappa shape index (κ1) is 36.4. The van der Waals surface area contributed by atoms with Crippen LogP contribution in [0.1, 0.15) is 49.4 Å². The summed E-state index contributed by atoms with van der Waals surface area (Å²) in [5, 5.41) is 3.64. The van der Waals surface area contributed by atoms with Gasteiger partial charge in [-0.2, -0.15) is 0 Å². The Morgan fingerprint density at radius 2 is 1.18 bits per heavy atom. The SMILES string of the molecule is CCOC(=O)C[C@H](NCc1ccccc1)[C@H](OCc1ccccc1)[C@@H](OCc1ccccc1)[C@H](OCc1ccccc1)[C@H]1COC(C)(C)O1. The topological polar surface area (TPSA) is 84.5 Å². The summed E-state index contributed by atoms with van der Waals surface area (Å²) in [4.78, 5) is 13.2. The first-order chi connectivity index (χ1) is 23.9. The standard InChI is InChI=1S/C41H49NO7/c1-4-44-37(43)25-35(42-26-31-17-9-5-10-18-31)38(45-27-32-19-11-6-12-20-32)40(47-29-34-23-15-8-16-24-34)39(36-30-48-41(2,3)49-36)46-28-33-21-13-7-14-22-33/h5-24,35-36,38-40,42H,4,25-30H2,1-3H3/t35-,36+,38-,39+,40+/m0/s1. The van der Waals surface area contributed by atoms with Gasteiger partial charge in [-0.15, -0.1) is 0 Å². The molecule has 0 amide bonds. The van der Waals surface area contributed by atoms with E-state index in [1.54, 1.807) is 0 Å². The Labute approximate surface area is 290 Å². The van der Waals surface area contributed by atoms with E-state index >= 15 is 0 Å². The molecule has 5 atom stereocenters. The van der Waals surface area contributed by atoms with Crippen LogP contribution in [0.4, 0.5) is 0 Å². The maximum atomic E-state index is 13.2. The Balaban J connectivity index is 1.55. The second-order valence-electron chi connectivity index (χ2n) is 12.6. The molecule has 1 saturated heterocycles. The van der Waals surface area contributed by atoms with Crippen molar-refractivity contribution in [2.24, 2.45) is 0 Å². The van der Waals surface area contributed by atoms with Crippen molar-refractivity contribution < 1.29 is 33.2 Å². The maximum absolute atomic E-state index is 13.2. The summed E-state index contributed by atoms with van der Waals surface area (Å²) in [7, 11) is 0. The van der Waals surface area contributed by atoms with E-state index in [0.717, 1.165) is 22.3 Å². The molecule has 1 heterocycles. The normalized spacial score (nSPS) is 18.0. The van der Waals surface area contributed by atoms with Gasteiger partial charge in [-0.1, -0.05) is 121 Å². The molecule has 0 saturated carbocycles. The molecule has 1 aliphatic rings. The number of benzene rings is 4. The lowest BCUT2D eigenvalue weighted by Gasteiger charge is -2.39. The van der Waals surface area contributed by atoms with E-state index in [1.165, 1.54) is 0 Å². The molecule has 1 fully saturated rings. The Morgan fingerprint density at radius 1 is 0.714 bits per heavy atom. The molecule has 1 N–H and O–H groups in total. The summed E-state index contributed by atoms with van der Waals surface area (Å²) in [5.41, 5.74) is 4.08. The first-order valence-electron chi connectivity index (χ1n) is 17.1. The van der Waals surface area contributed by atoms with Crippen molar-refractivity contribution in [3.8, 4) is 0 Å². The average Bonchev–Trinajstić information content (AvgIpc) is 3.49. The number of ether oxygens (including phenoxy) is 6. The van der Waals surface area contributed by atoms with Crippen LogP contribution in [-0.2, 0) is 59.6 Å². The molecule has 5 rings (SSSR count). The summed E-state index contributed by atoms with van der Waals surface area (Å²) in [5.74, 6) is -1.13. The summed E-state index contributed by atoms with van der Waals surface area (Å²) >= 11 is 0. The zero-order chi connectivity index (χ0) is 34.3. The van der Waals surface area contributed by atoms with E-state index in [1.807, 2.05) is 130 Å². The molecule has 0 aliphatic carbocycles. The van der Waals surface area contributed by atoms with Crippen LogP contribution in [0.25, 0.3) is 0 Å². The molecule has 0 aromatic heterocycles. The first-order valence-corrected chi connectivity index (χ1v) is 17.1. The lowest BCUT2D eigenvalue weighted by Crippen LogP contribution is -2.57. The second-order valence-corrected chi connectivity index (χ2v) is 12.6. The summed E-state index contributed by atoms with van der Waals surface area (Å²) in [6.07, 6.45) is -2.41. The van der Waals surface area contributed by atoms with Crippen molar-refractivity contribution in [1.29, 1.82) is 0 Å². The number of carbonyl (C=O) groups excluding carboxylic acids is 1. The molecule has 49 heavy (non-hydrogen) atoms. The highest BCUT2D eigenvalue weighted by molar-refractivity contribution is 5.70. The Kier molecular flexibility index (Phi) is 13.9. The van der Waals surface area contributed by atoms with Gasteiger partial charge < -0.3 is 33.7 Å². The minimum Gasteiger partial charge on any atom is -0.466 e. The predicted molar refractivity (Wildman–Crippen MR) is 188 cm³/mol. The Hall–Kier alpha value is -3.89. The van der Waals surface area contributed by atoms with Crippen molar-refractivity contribution in [2.45, 2.75) is 89.8 Å². The van der Waals surface area contributed by atoms with Gasteiger partial charge in [0.2, 0.25) is 0 Å². The summed E-state index contributed by atoms with van der Waals surface area (Å²) in [6, 6.07) is 39.6. The van der Waals surface area contributed by atoms with Gasteiger partial charge in [0, 0.05) is 12.6 Å². The zero-order valence-electron chi connectivity index (χ0n) is 28.7. The Morgan fingerprint density at radius 3 is 1.65 bits per heavy atom. The molecule has 0 radical (unpaired) electrons. The van der Waals surface area contributed by atoms with E-state index in [-0.39, 0.29) is 19.0 Å². The fourth-order valence-electron chi connectivity index (χ4n) is 5.96. The number of nitrogens with one attached hydrogen (secondary N) is 1. The highest BCUT2D eigenvalue weighted by Crippen LogP contribution is 2.31. The molecular weight excluding hydrogens is 618 g/mol. The van der Waals surface area contributed by atoms with Crippen LogP contribution in [0.2, 0.25) is 0 Å². The molecule has 8 nitrogen and oxygen atoms in total. The van der Waals surface area contributed by atoms with Crippen LogP contribution in [0, 0.1) is 0 Å². The van der Waals surface area contributed by atoms with Gasteiger partial charge in [0.25, 0.3) is 0 Å². The average molecular weight is 668 g/mol. The van der Waals surface area contributed by atoms with E-state index in [9.17, 15) is 4.79 Å². The maximum Gasteiger partial charge on any atom is 0.307 e. The summed E-state index contributed by atoms with van der Waals surface area (Å²) < 4.78 is 38.6. The minimum absolute atomic E-state index is 0.0598.